The summed E-state index contributed by atoms with van der Waals surface area (Å²) in [5.41, 5.74) is 5.35. The van der Waals surface area contributed by atoms with E-state index in [2.05, 4.69) is 51.4 Å². The van der Waals surface area contributed by atoms with E-state index in [-0.39, 0.29) is 0 Å². The van der Waals surface area contributed by atoms with Crippen LogP contribution in [0.5, 0.6) is 5.75 Å². The summed E-state index contributed by atoms with van der Waals surface area (Å²) >= 11 is 1.87. The molecule has 0 bridgehead atoms. The van der Waals surface area contributed by atoms with Gasteiger partial charge in [-0.25, -0.2) is 0 Å². The molecule has 3 aromatic rings. The Balaban J connectivity index is 1.48. The number of aromatic nitrogens is 1. The summed E-state index contributed by atoms with van der Waals surface area (Å²) in [6, 6.07) is 12.8. The molecular formula is C23H26N4O2S. The molecule has 0 atom stereocenters. The highest BCUT2D eigenvalue weighted by atomic mass is 32.2. The van der Waals surface area contributed by atoms with Crippen molar-refractivity contribution in [1.82, 2.24) is 4.98 Å². The van der Waals surface area contributed by atoms with Gasteiger partial charge >= 0.3 is 0 Å². The Morgan fingerprint density at radius 2 is 2.10 bits per heavy atom. The molecule has 3 heterocycles. The van der Waals surface area contributed by atoms with E-state index in [1.54, 1.807) is 0 Å². The number of nitrogens with zero attached hydrogens (tertiary/aromatic N) is 3. The molecule has 0 aliphatic carbocycles. The molecule has 0 unspecified atom stereocenters. The van der Waals surface area contributed by atoms with Gasteiger partial charge < -0.3 is 24.6 Å². The van der Waals surface area contributed by atoms with Gasteiger partial charge in [0.05, 0.1) is 42.6 Å². The number of anilines is 4. The Labute approximate surface area is 181 Å². The highest BCUT2D eigenvalue weighted by molar-refractivity contribution is 7.99. The smallest absolute Gasteiger partial charge is 0.144 e. The maximum atomic E-state index is 6.14. The fourth-order valence-corrected chi connectivity index (χ4v) is 4.73. The third-order valence-corrected chi connectivity index (χ3v) is 6.72. The SMILES string of the molecule is CN(C)c1cc2c(Nc3ccc4c(c3)N(C)CS4)ccnc2cc1OCC1COC1. The van der Waals surface area contributed by atoms with Gasteiger partial charge in [-0.15, -0.1) is 11.8 Å². The molecule has 2 aliphatic rings. The molecule has 30 heavy (non-hydrogen) atoms. The summed E-state index contributed by atoms with van der Waals surface area (Å²) in [6.45, 7) is 2.24. The van der Waals surface area contributed by atoms with Gasteiger partial charge in [0.15, 0.2) is 0 Å². The zero-order valence-electron chi connectivity index (χ0n) is 17.5. The van der Waals surface area contributed by atoms with Crippen molar-refractivity contribution in [3.05, 3.63) is 42.6 Å². The van der Waals surface area contributed by atoms with Crippen LogP contribution in [0.15, 0.2) is 47.5 Å². The van der Waals surface area contributed by atoms with Gasteiger partial charge in [-0.2, -0.15) is 0 Å². The Bertz CT molecular complexity index is 1080. The molecule has 1 N–H and O–H groups in total. The van der Waals surface area contributed by atoms with Crippen LogP contribution in [0.4, 0.5) is 22.7 Å². The first-order chi connectivity index (χ1) is 14.6. The fraction of sp³-hybridized carbons (Fsp3) is 0.348. The Morgan fingerprint density at radius 1 is 1.23 bits per heavy atom. The molecule has 0 spiro atoms. The van der Waals surface area contributed by atoms with Gasteiger partial charge in [0.2, 0.25) is 0 Å². The third-order valence-electron chi connectivity index (χ3n) is 5.55. The predicted octanol–water partition coefficient (Wildman–Crippen LogP) is 4.57. The van der Waals surface area contributed by atoms with Crippen LogP contribution in [0, 0.1) is 5.92 Å². The van der Waals surface area contributed by atoms with E-state index in [1.807, 2.05) is 44.2 Å². The number of ether oxygens (including phenoxy) is 2. The molecule has 0 saturated carbocycles. The van der Waals surface area contributed by atoms with E-state index >= 15 is 0 Å². The number of hydrogen-bond acceptors (Lipinski definition) is 7. The first-order valence-corrected chi connectivity index (χ1v) is 11.1. The predicted molar refractivity (Wildman–Crippen MR) is 125 cm³/mol. The summed E-state index contributed by atoms with van der Waals surface area (Å²) in [5, 5.41) is 4.67. The van der Waals surface area contributed by atoms with Crippen molar-refractivity contribution in [2.75, 3.05) is 62.0 Å². The van der Waals surface area contributed by atoms with Crippen LogP contribution in [0.1, 0.15) is 0 Å². The molecule has 5 rings (SSSR count). The van der Waals surface area contributed by atoms with E-state index in [0.29, 0.717) is 12.5 Å². The first-order valence-electron chi connectivity index (χ1n) is 10.1. The van der Waals surface area contributed by atoms with E-state index in [9.17, 15) is 0 Å². The topological polar surface area (TPSA) is 49.9 Å². The number of thioether (sulfide) groups is 1. The van der Waals surface area contributed by atoms with Crippen molar-refractivity contribution < 1.29 is 9.47 Å². The minimum atomic E-state index is 0.479. The van der Waals surface area contributed by atoms with Crippen molar-refractivity contribution in [1.29, 1.82) is 0 Å². The van der Waals surface area contributed by atoms with Crippen LogP contribution >= 0.6 is 11.8 Å². The van der Waals surface area contributed by atoms with E-state index in [1.165, 1.54) is 10.6 Å². The second-order valence-electron chi connectivity index (χ2n) is 8.08. The third kappa shape index (κ3) is 3.63. The lowest BCUT2D eigenvalue weighted by Crippen LogP contribution is -2.32. The van der Waals surface area contributed by atoms with Crippen LogP contribution in [0.2, 0.25) is 0 Å². The molecule has 0 amide bonds. The normalized spacial score (nSPS) is 15.8. The van der Waals surface area contributed by atoms with Crippen molar-refractivity contribution in [2.24, 2.45) is 5.92 Å². The molecule has 1 aromatic heterocycles. The molecule has 156 valence electrons. The molecule has 0 radical (unpaired) electrons. The number of fused-ring (bicyclic) bond motifs is 2. The molecular weight excluding hydrogens is 396 g/mol. The molecule has 1 fully saturated rings. The average Bonchev–Trinajstić information content (AvgIpc) is 3.07. The van der Waals surface area contributed by atoms with E-state index < -0.39 is 0 Å². The summed E-state index contributed by atoms with van der Waals surface area (Å²) in [5.74, 6) is 2.34. The van der Waals surface area contributed by atoms with E-state index in [4.69, 9.17) is 9.47 Å². The summed E-state index contributed by atoms with van der Waals surface area (Å²) in [4.78, 5) is 10.3. The van der Waals surface area contributed by atoms with Gasteiger partial charge in [0.25, 0.3) is 0 Å². The lowest BCUT2D eigenvalue weighted by molar-refractivity contribution is -0.0507. The second-order valence-corrected chi connectivity index (χ2v) is 9.07. The maximum absolute atomic E-state index is 6.14. The maximum Gasteiger partial charge on any atom is 0.144 e. The van der Waals surface area contributed by atoms with Crippen LogP contribution in [0.3, 0.4) is 0 Å². The van der Waals surface area contributed by atoms with Gasteiger partial charge in [0, 0.05) is 61.0 Å². The summed E-state index contributed by atoms with van der Waals surface area (Å²) in [6.07, 6.45) is 1.85. The number of rotatable bonds is 6. The van der Waals surface area contributed by atoms with Crippen LogP contribution in [0.25, 0.3) is 10.9 Å². The average molecular weight is 423 g/mol. The molecule has 7 heteroatoms. The van der Waals surface area contributed by atoms with Gasteiger partial charge in [-0.05, 0) is 30.3 Å². The number of benzene rings is 2. The minimum absolute atomic E-state index is 0.479. The summed E-state index contributed by atoms with van der Waals surface area (Å²) < 4.78 is 11.4. The lowest BCUT2D eigenvalue weighted by Gasteiger charge is -2.27. The Morgan fingerprint density at radius 3 is 2.87 bits per heavy atom. The van der Waals surface area contributed by atoms with E-state index in [0.717, 1.165) is 52.8 Å². The molecule has 1 saturated heterocycles. The van der Waals surface area contributed by atoms with Crippen LogP contribution in [-0.4, -0.2) is 51.8 Å². The highest BCUT2D eigenvalue weighted by Crippen LogP contribution is 2.40. The minimum Gasteiger partial charge on any atom is -0.491 e. The van der Waals surface area contributed by atoms with Crippen LogP contribution in [-0.2, 0) is 4.74 Å². The number of nitrogens with one attached hydrogen (secondary N) is 1. The molecule has 2 aromatic carbocycles. The van der Waals surface area contributed by atoms with Gasteiger partial charge in [-0.3, -0.25) is 4.98 Å². The number of pyridine rings is 1. The quantitative estimate of drug-likeness (QED) is 0.624. The first kappa shape index (κ1) is 19.3. The number of hydrogen-bond donors (Lipinski definition) is 1. The van der Waals surface area contributed by atoms with Crippen molar-refractivity contribution in [2.45, 2.75) is 4.90 Å². The van der Waals surface area contributed by atoms with Crippen molar-refractivity contribution >= 4 is 45.4 Å². The van der Waals surface area contributed by atoms with Crippen molar-refractivity contribution in [3.8, 4) is 5.75 Å². The Hall–Kier alpha value is -2.64. The fourth-order valence-electron chi connectivity index (χ4n) is 3.73. The highest BCUT2D eigenvalue weighted by Gasteiger charge is 2.21. The Kier molecular flexibility index (Phi) is 5.08. The largest absolute Gasteiger partial charge is 0.491 e. The lowest BCUT2D eigenvalue weighted by atomic mass is 10.1. The van der Waals surface area contributed by atoms with Gasteiger partial charge in [-0.1, -0.05) is 0 Å². The molecule has 2 aliphatic heterocycles. The zero-order valence-corrected chi connectivity index (χ0v) is 18.3. The summed E-state index contributed by atoms with van der Waals surface area (Å²) in [7, 11) is 6.21. The monoisotopic (exact) mass is 422 g/mol. The van der Waals surface area contributed by atoms with Gasteiger partial charge in [0.1, 0.15) is 5.75 Å². The standard InChI is InChI=1S/C23H26N4O2S/c1-26(2)20-9-17-18(25-16-4-5-23-21(8-16)27(3)14-30-23)6-7-24-19(17)10-22(20)29-13-15-11-28-12-15/h4-10,15H,11-14H2,1-3H3,(H,24,25). The molecule has 6 nitrogen and oxygen atoms in total. The second kappa shape index (κ2) is 7.89. The van der Waals surface area contributed by atoms with Crippen molar-refractivity contribution in [3.63, 3.8) is 0 Å². The van der Waals surface area contributed by atoms with Crippen LogP contribution < -0.4 is 19.9 Å². The zero-order chi connectivity index (χ0) is 20.7.